The summed E-state index contributed by atoms with van der Waals surface area (Å²) in [4.78, 5) is 16.3. The number of aryl methyl sites for hydroxylation is 1. The molecule has 4 bridgehead atoms. The topological polar surface area (TPSA) is 102 Å². The second-order valence-electron chi connectivity index (χ2n) is 9.32. The second-order valence-corrected chi connectivity index (χ2v) is 9.32. The fourth-order valence-corrected chi connectivity index (χ4v) is 4.08. The van der Waals surface area contributed by atoms with Gasteiger partial charge in [-0.25, -0.2) is 19.6 Å². The van der Waals surface area contributed by atoms with E-state index >= 15 is 0 Å². The SMILES string of the molecule is C[C@H]1CCOc2c(cnn2C)-c2ncc(-c3cccc(NCCN(C)C)c3)c(n2)Nc2cc(ccn2)O1. The van der Waals surface area contributed by atoms with Gasteiger partial charge in [0.2, 0.25) is 5.88 Å². The molecule has 0 fully saturated rings. The minimum atomic E-state index is -0.0396. The number of hydrogen-bond acceptors (Lipinski definition) is 9. The molecule has 1 aliphatic rings. The summed E-state index contributed by atoms with van der Waals surface area (Å²) in [5.41, 5.74) is 3.58. The first-order chi connectivity index (χ1) is 18.0. The molecule has 1 aliphatic heterocycles. The highest BCUT2D eigenvalue weighted by atomic mass is 16.5. The van der Waals surface area contributed by atoms with E-state index in [-0.39, 0.29) is 6.10 Å². The molecule has 0 unspecified atom stereocenters. The van der Waals surface area contributed by atoms with Gasteiger partial charge in [0.05, 0.1) is 18.9 Å². The van der Waals surface area contributed by atoms with E-state index in [1.807, 2.05) is 44.4 Å². The van der Waals surface area contributed by atoms with E-state index in [1.54, 1.807) is 17.1 Å². The van der Waals surface area contributed by atoms with Gasteiger partial charge in [0.1, 0.15) is 22.9 Å². The van der Waals surface area contributed by atoms with Gasteiger partial charge >= 0.3 is 0 Å². The van der Waals surface area contributed by atoms with Crippen LogP contribution in [0.2, 0.25) is 0 Å². The zero-order chi connectivity index (χ0) is 25.8. The van der Waals surface area contributed by atoms with Crippen molar-refractivity contribution in [3.63, 3.8) is 0 Å². The number of likely N-dealkylation sites (N-methyl/N-ethyl adjacent to an activating group) is 1. The second kappa shape index (κ2) is 10.8. The molecule has 4 aromatic rings. The molecular formula is C27H32N8O2. The Morgan fingerprint density at radius 1 is 1.14 bits per heavy atom. The Morgan fingerprint density at radius 2 is 2.03 bits per heavy atom. The maximum atomic E-state index is 6.11. The van der Waals surface area contributed by atoms with Crippen molar-refractivity contribution in [2.24, 2.45) is 7.05 Å². The molecule has 192 valence electrons. The molecule has 4 heterocycles. The van der Waals surface area contributed by atoms with Crippen LogP contribution in [0.15, 0.2) is 55.0 Å². The van der Waals surface area contributed by atoms with Crippen LogP contribution in [0.4, 0.5) is 17.3 Å². The third-order valence-corrected chi connectivity index (χ3v) is 6.05. The Balaban J connectivity index is 1.57. The Kier molecular flexibility index (Phi) is 7.18. The third kappa shape index (κ3) is 5.80. The summed E-state index contributed by atoms with van der Waals surface area (Å²) in [7, 11) is 5.97. The number of hydrogen-bond donors (Lipinski definition) is 2. The van der Waals surface area contributed by atoms with E-state index in [2.05, 4.69) is 51.8 Å². The number of nitrogens with one attached hydrogen (secondary N) is 2. The van der Waals surface area contributed by atoms with Crippen molar-refractivity contribution >= 4 is 17.3 Å². The maximum absolute atomic E-state index is 6.11. The largest absolute Gasteiger partial charge is 0.490 e. The Bertz CT molecular complexity index is 1370. The first kappa shape index (κ1) is 24.5. The van der Waals surface area contributed by atoms with Crippen LogP contribution in [-0.2, 0) is 7.05 Å². The number of aromatic nitrogens is 5. The molecule has 37 heavy (non-hydrogen) atoms. The molecule has 10 nitrogen and oxygen atoms in total. The maximum Gasteiger partial charge on any atom is 0.222 e. The van der Waals surface area contributed by atoms with Crippen LogP contribution in [0.5, 0.6) is 11.6 Å². The van der Waals surface area contributed by atoms with E-state index in [0.29, 0.717) is 36.4 Å². The summed E-state index contributed by atoms with van der Waals surface area (Å²) >= 11 is 0. The van der Waals surface area contributed by atoms with Gasteiger partial charge in [0.15, 0.2) is 5.82 Å². The summed E-state index contributed by atoms with van der Waals surface area (Å²) < 4.78 is 13.9. The summed E-state index contributed by atoms with van der Waals surface area (Å²) in [5.74, 6) is 3.13. The van der Waals surface area contributed by atoms with Gasteiger partial charge in [-0.2, -0.15) is 5.10 Å². The lowest BCUT2D eigenvalue weighted by molar-refractivity contribution is 0.172. The van der Waals surface area contributed by atoms with Gasteiger partial charge in [-0.1, -0.05) is 12.1 Å². The molecule has 0 aliphatic carbocycles. The van der Waals surface area contributed by atoms with Crippen LogP contribution in [-0.4, -0.2) is 69.5 Å². The number of rotatable bonds is 5. The standard InChI is InChI=1S/C27H32N8O2/c1-18-9-13-36-27-23(17-31-35(27)4)25-30-16-22(19-6-5-7-20(14-19)28-11-12-34(2)3)26(33-25)32-24-15-21(37-18)8-10-29-24/h5-8,10,14-18,28H,9,11-13H2,1-4H3,(H,29,30,32,33)/t18-/m0/s1. The highest BCUT2D eigenvalue weighted by Gasteiger charge is 2.19. The van der Waals surface area contributed by atoms with Crippen molar-refractivity contribution in [2.75, 3.05) is 44.4 Å². The lowest BCUT2D eigenvalue weighted by Gasteiger charge is -2.18. The van der Waals surface area contributed by atoms with Gasteiger partial charge in [0.25, 0.3) is 0 Å². The highest BCUT2D eigenvalue weighted by Crippen LogP contribution is 2.34. The Labute approximate surface area is 216 Å². The van der Waals surface area contributed by atoms with Gasteiger partial charge in [-0.15, -0.1) is 0 Å². The molecule has 0 saturated carbocycles. The third-order valence-electron chi connectivity index (χ3n) is 6.05. The fraction of sp³-hybridized carbons (Fsp3) is 0.333. The molecule has 0 spiro atoms. The number of benzene rings is 1. The average molecular weight is 501 g/mol. The van der Waals surface area contributed by atoms with E-state index < -0.39 is 0 Å². The van der Waals surface area contributed by atoms with E-state index in [4.69, 9.17) is 19.4 Å². The first-order valence-electron chi connectivity index (χ1n) is 12.4. The molecule has 2 N–H and O–H groups in total. The van der Waals surface area contributed by atoms with Crippen LogP contribution < -0.4 is 20.1 Å². The summed E-state index contributed by atoms with van der Waals surface area (Å²) in [6.45, 7) is 4.28. The van der Waals surface area contributed by atoms with Crippen LogP contribution in [0.1, 0.15) is 13.3 Å². The number of fused-ring (bicyclic) bond motifs is 6. The zero-order valence-electron chi connectivity index (χ0n) is 21.6. The lowest BCUT2D eigenvalue weighted by Crippen LogP contribution is -2.20. The van der Waals surface area contributed by atoms with E-state index in [9.17, 15) is 0 Å². The van der Waals surface area contributed by atoms with Crippen LogP contribution in [0, 0.1) is 0 Å². The van der Waals surface area contributed by atoms with Crippen molar-refractivity contribution in [3.8, 4) is 34.1 Å². The van der Waals surface area contributed by atoms with Gasteiger partial charge in [0, 0.05) is 56.3 Å². The van der Waals surface area contributed by atoms with Crippen molar-refractivity contribution < 1.29 is 9.47 Å². The zero-order valence-corrected chi connectivity index (χ0v) is 21.6. The minimum Gasteiger partial charge on any atom is -0.490 e. The molecule has 1 atom stereocenters. The smallest absolute Gasteiger partial charge is 0.222 e. The summed E-state index contributed by atoms with van der Waals surface area (Å²) in [5, 5.41) is 11.3. The molecular weight excluding hydrogens is 468 g/mol. The first-order valence-corrected chi connectivity index (χ1v) is 12.4. The van der Waals surface area contributed by atoms with Gasteiger partial charge < -0.3 is 25.0 Å². The number of pyridine rings is 1. The molecule has 0 radical (unpaired) electrons. The van der Waals surface area contributed by atoms with Gasteiger partial charge in [-0.05, 0) is 44.8 Å². The van der Waals surface area contributed by atoms with Crippen molar-refractivity contribution in [3.05, 3.63) is 55.0 Å². The normalized spacial score (nSPS) is 15.1. The molecule has 5 rings (SSSR count). The van der Waals surface area contributed by atoms with Gasteiger partial charge in [-0.3, -0.25) is 0 Å². The number of nitrogens with zero attached hydrogens (tertiary/aromatic N) is 6. The molecule has 0 saturated heterocycles. The van der Waals surface area contributed by atoms with Crippen LogP contribution >= 0.6 is 0 Å². The Morgan fingerprint density at radius 3 is 2.89 bits per heavy atom. The molecule has 1 aromatic carbocycles. The Hall–Kier alpha value is -4.18. The fourth-order valence-electron chi connectivity index (χ4n) is 4.08. The predicted molar refractivity (Wildman–Crippen MR) is 144 cm³/mol. The van der Waals surface area contributed by atoms with Crippen LogP contribution in [0.3, 0.4) is 0 Å². The predicted octanol–water partition coefficient (Wildman–Crippen LogP) is 4.21. The lowest BCUT2D eigenvalue weighted by atomic mass is 10.1. The molecule has 0 amide bonds. The van der Waals surface area contributed by atoms with Crippen molar-refractivity contribution in [2.45, 2.75) is 19.4 Å². The number of ether oxygens (including phenoxy) is 2. The number of anilines is 3. The van der Waals surface area contributed by atoms with Crippen LogP contribution in [0.25, 0.3) is 22.5 Å². The summed E-state index contributed by atoms with van der Waals surface area (Å²) in [6.07, 6.45) is 5.95. The minimum absolute atomic E-state index is 0.0396. The van der Waals surface area contributed by atoms with Crippen molar-refractivity contribution in [1.82, 2.24) is 29.6 Å². The summed E-state index contributed by atoms with van der Waals surface area (Å²) in [6, 6.07) is 12.0. The quantitative estimate of drug-likeness (QED) is 0.417. The van der Waals surface area contributed by atoms with E-state index in [0.717, 1.165) is 41.2 Å². The molecule has 3 aromatic heterocycles. The highest BCUT2D eigenvalue weighted by molar-refractivity contribution is 5.80. The van der Waals surface area contributed by atoms with E-state index in [1.165, 1.54) is 0 Å². The monoisotopic (exact) mass is 500 g/mol. The molecule has 10 heteroatoms. The average Bonchev–Trinajstić information content (AvgIpc) is 3.24. The van der Waals surface area contributed by atoms with Crippen molar-refractivity contribution in [1.29, 1.82) is 0 Å².